The average molecular weight is 401 g/mol. The fraction of sp³-hybridized carbons (Fsp3) is 0.600. The first-order chi connectivity index (χ1) is 13.9. The number of rotatable bonds is 4. The fourth-order valence-corrected chi connectivity index (χ4v) is 4.43. The van der Waals surface area contributed by atoms with Gasteiger partial charge in [-0.25, -0.2) is 0 Å². The maximum absolute atomic E-state index is 12.9. The van der Waals surface area contributed by atoms with Crippen LogP contribution in [-0.2, 0) is 16.2 Å². The third-order valence-corrected chi connectivity index (χ3v) is 5.84. The molecule has 2 atom stereocenters. The molecule has 4 rings (SSSR count). The Kier molecular flexibility index (Phi) is 5.51. The number of ether oxygens (including phenoxy) is 1. The molecule has 2 fully saturated rings. The normalized spacial score (nSPS) is 24.1. The third kappa shape index (κ3) is 4.25. The molecule has 0 saturated carbocycles. The maximum atomic E-state index is 12.9. The van der Waals surface area contributed by atoms with Crippen LogP contribution >= 0.6 is 0 Å². The molecule has 0 N–H and O–H groups in total. The van der Waals surface area contributed by atoms with Gasteiger partial charge in [-0.05, 0) is 32.8 Å². The second kappa shape index (κ2) is 8.08. The summed E-state index contributed by atoms with van der Waals surface area (Å²) in [7, 11) is 0. The van der Waals surface area contributed by atoms with E-state index in [0.717, 1.165) is 36.8 Å². The van der Waals surface area contributed by atoms with Crippen molar-refractivity contribution < 1.29 is 14.5 Å². The van der Waals surface area contributed by atoms with E-state index in [1.165, 1.54) is 6.07 Å². The highest BCUT2D eigenvalue weighted by atomic mass is 16.6. The summed E-state index contributed by atoms with van der Waals surface area (Å²) in [4.78, 5) is 27.7. The van der Waals surface area contributed by atoms with E-state index < -0.39 is 4.92 Å². The Balaban J connectivity index is 1.35. The molecule has 2 saturated heterocycles. The Morgan fingerprint density at radius 2 is 1.93 bits per heavy atom. The Morgan fingerprint density at radius 1 is 1.24 bits per heavy atom. The van der Waals surface area contributed by atoms with E-state index in [0.29, 0.717) is 19.8 Å². The minimum Gasteiger partial charge on any atom is -0.372 e. The summed E-state index contributed by atoms with van der Waals surface area (Å²) in [5.41, 5.74) is 0.952. The molecule has 9 nitrogen and oxygen atoms in total. The molecule has 0 unspecified atom stereocenters. The van der Waals surface area contributed by atoms with Crippen LogP contribution in [0.1, 0.15) is 26.7 Å². The summed E-state index contributed by atoms with van der Waals surface area (Å²) in [6.45, 7) is 7.67. The molecule has 0 radical (unpaired) electrons. The predicted molar refractivity (Wildman–Crippen MR) is 107 cm³/mol. The molecule has 3 heterocycles. The van der Waals surface area contributed by atoms with Crippen LogP contribution in [0, 0.1) is 16.0 Å². The van der Waals surface area contributed by atoms with Crippen molar-refractivity contribution in [3.05, 3.63) is 34.5 Å². The number of non-ortho nitro benzene ring substituents is 1. The van der Waals surface area contributed by atoms with E-state index in [1.54, 1.807) is 18.3 Å². The summed E-state index contributed by atoms with van der Waals surface area (Å²) < 4.78 is 7.60. The number of likely N-dealkylation sites (tertiary alicyclic amines) is 1. The molecular formula is C20H27N5O4. The lowest BCUT2D eigenvalue weighted by atomic mass is 9.95. The van der Waals surface area contributed by atoms with Gasteiger partial charge < -0.3 is 9.64 Å². The molecule has 9 heteroatoms. The topological polar surface area (TPSA) is 93.7 Å². The summed E-state index contributed by atoms with van der Waals surface area (Å²) in [5, 5.41) is 16.1. The molecule has 1 aromatic heterocycles. The van der Waals surface area contributed by atoms with Gasteiger partial charge in [-0.15, -0.1) is 0 Å². The quantitative estimate of drug-likeness (QED) is 0.576. The van der Waals surface area contributed by atoms with Gasteiger partial charge >= 0.3 is 0 Å². The summed E-state index contributed by atoms with van der Waals surface area (Å²) in [6.07, 6.45) is 3.52. The van der Waals surface area contributed by atoms with Crippen LogP contribution in [0.4, 0.5) is 5.69 Å². The fourth-order valence-electron chi connectivity index (χ4n) is 4.43. The van der Waals surface area contributed by atoms with Crippen molar-refractivity contribution in [1.29, 1.82) is 0 Å². The van der Waals surface area contributed by atoms with Crippen LogP contribution in [-0.4, -0.2) is 68.8 Å². The molecule has 0 aliphatic carbocycles. The van der Waals surface area contributed by atoms with Crippen molar-refractivity contribution in [1.82, 2.24) is 19.6 Å². The van der Waals surface area contributed by atoms with E-state index in [-0.39, 0.29) is 29.7 Å². The third-order valence-electron chi connectivity index (χ3n) is 5.84. The van der Waals surface area contributed by atoms with Gasteiger partial charge in [0.05, 0.1) is 35.5 Å². The minimum absolute atomic E-state index is 0.0702. The smallest absolute Gasteiger partial charge is 0.270 e. The summed E-state index contributed by atoms with van der Waals surface area (Å²) in [5.74, 6) is 0.323. The molecule has 156 valence electrons. The van der Waals surface area contributed by atoms with E-state index in [1.807, 2.05) is 23.4 Å². The Labute approximate surface area is 169 Å². The number of amides is 1. The van der Waals surface area contributed by atoms with Gasteiger partial charge in [0.2, 0.25) is 5.91 Å². The van der Waals surface area contributed by atoms with Crippen molar-refractivity contribution in [2.75, 3.05) is 26.2 Å². The van der Waals surface area contributed by atoms with E-state index in [2.05, 4.69) is 10.00 Å². The van der Waals surface area contributed by atoms with Gasteiger partial charge in [0.1, 0.15) is 0 Å². The first-order valence-corrected chi connectivity index (χ1v) is 10.2. The molecular weight excluding hydrogens is 374 g/mol. The zero-order chi connectivity index (χ0) is 20.5. The van der Waals surface area contributed by atoms with Gasteiger partial charge in [0.15, 0.2) is 0 Å². The van der Waals surface area contributed by atoms with Gasteiger partial charge in [0, 0.05) is 49.6 Å². The molecule has 29 heavy (non-hydrogen) atoms. The minimum atomic E-state index is -0.394. The van der Waals surface area contributed by atoms with Crippen LogP contribution in [0.15, 0.2) is 24.4 Å². The first kappa shape index (κ1) is 19.8. The van der Waals surface area contributed by atoms with Crippen molar-refractivity contribution >= 4 is 22.5 Å². The Morgan fingerprint density at radius 3 is 2.59 bits per heavy atom. The molecule has 1 amide bonds. The number of fused-ring (bicyclic) bond motifs is 1. The highest BCUT2D eigenvalue weighted by Crippen LogP contribution is 2.24. The molecule has 2 aliphatic heterocycles. The number of benzene rings is 1. The second-order valence-corrected chi connectivity index (χ2v) is 8.18. The van der Waals surface area contributed by atoms with Gasteiger partial charge in [-0.2, -0.15) is 5.10 Å². The van der Waals surface area contributed by atoms with Gasteiger partial charge in [-0.3, -0.25) is 24.5 Å². The number of morpholine rings is 1. The van der Waals surface area contributed by atoms with Gasteiger partial charge in [-0.1, -0.05) is 0 Å². The number of carbonyl (C=O) groups is 1. The number of hydrogen-bond donors (Lipinski definition) is 0. The Bertz CT molecular complexity index is 895. The number of nitro groups is 1. The van der Waals surface area contributed by atoms with Crippen molar-refractivity contribution in [3.8, 4) is 0 Å². The van der Waals surface area contributed by atoms with Crippen molar-refractivity contribution in [2.45, 2.75) is 45.6 Å². The van der Waals surface area contributed by atoms with Crippen molar-refractivity contribution in [2.24, 2.45) is 5.92 Å². The Hall–Kier alpha value is -2.52. The SMILES string of the molecule is C[C@@H]1CN(C(=O)C2CCN(Cn3ncc4cc([N+](=O)[O-])ccc43)CC2)C[C@H](C)O1. The highest BCUT2D eigenvalue weighted by Gasteiger charge is 2.32. The number of aromatic nitrogens is 2. The summed E-state index contributed by atoms with van der Waals surface area (Å²) in [6, 6.07) is 4.81. The first-order valence-electron chi connectivity index (χ1n) is 10.2. The number of piperidine rings is 1. The maximum Gasteiger partial charge on any atom is 0.270 e. The lowest BCUT2D eigenvalue weighted by Crippen LogP contribution is -2.51. The monoisotopic (exact) mass is 401 g/mol. The van der Waals surface area contributed by atoms with Crippen LogP contribution in [0.25, 0.3) is 10.9 Å². The highest BCUT2D eigenvalue weighted by molar-refractivity contribution is 5.81. The van der Waals surface area contributed by atoms with Crippen LogP contribution < -0.4 is 0 Å². The van der Waals surface area contributed by atoms with Crippen LogP contribution in [0.2, 0.25) is 0 Å². The lowest BCUT2D eigenvalue weighted by molar-refractivity contribution is -0.384. The molecule has 0 spiro atoms. The second-order valence-electron chi connectivity index (χ2n) is 8.18. The van der Waals surface area contributed by atoms with Crippen LogP contribution in [0.5, 0.6) is 0 Å². The van der Waals surface area contributed by atoms with Crippen LogP contribution in [0.3, 0.4) is 0 Å². The van der Waals surface area contributed by atoms with E-state index in [4.69, 9.17) is 4.74 Å². The number of nitro benzene ring substituents is 1. The molecule has 2 aliphatic rings. The van der Waals surface area contributed by atoms with E-state index in [9.17, 15) is 14.9 Å². The zero-order valence-electron chi connectivity index (χ0n) is 16.9. The average Bonchev–Trinajstić information content (AvgIpc) is 3.09. The summed E-state index contributed by atoms with van der Waals surface area (Å²) >= 11 is 0. The molecule has 2 aromatic rings. The zero-order valence-corrected chi connectivity index (χ0v) is 16.9. The number of carbonyl (C=O) groups excluding carboxylic acids is 1. The largest absolute Gasteiger partial charge is 0.372 e. The lowest BCUT2D eigenvalue weighted by Gasteiger charge is -2.39. The van der Waals surface area contributed by atoms with Gasteiger partial charge in [0.25, 0.3) is 5.69 Å². The number of nitrogens with zero attached hydrogens (tertiary/aromatic N) is 5. The standard InChI is InChI=1S/C20H27N5O4/c1-14-11-23(12-15(2)29-14)20(26)16-5-7-22(8-6-16)13-24-19-4-3-18(25(27)28)9-17(19)10-21-24/h3-4,9-10,14-16H,5-8,11-13H2,1-2H3/t14-,15+. The predicted octanol–water partition coefficient (Wildman–Crippen LogP) is 2.25. The van der Waals surface area contributed by atoms with Crippen molar-refractivity contribution in [3.63, 3.8) is 0 Å². The van der Waals surface area contributed by atoms with E-state index >= 15 is 0 Å². The molecule has 0 bridgehead atoms. The number of hydrogen-bond acceptors (Lipinski definition) is 6. The molecule has 1 aromatic carbocycles.